The van der Waals surface area contributed by atoms with Gasteiger partial charge in [-0.25, -0.2) is 4.79 Å². The summed E-state index contributed by atoms with van der Waals surface area (Å²) in [5, 5.41) is 9.24. The van der Waals surface area contributed by atoms with Crippen LogP contribution in [0.4, 0.5) is 0 Å². The Bertz CT molecular complexity index is 324. The van der Waals surface area contributed by atoms with Crippen LogP contribution in [0.25, 0.3) is 0 Å². The van der Waals surface area contributed by atoms with E-state index in [4.69, 9.17) is 5.41 Å². The molecule has 0 bridgehead atoms. The summed E-state index contributed by atoms with van der Waals surface area (Å²) in [6.07, 6.45) is 2.27. The maximum Gasteiger partial charge on any atom is 0.347 e. The Balaban J connectivity index is 4.89. The summed E-state index contributed by atoms with van der Waals surface area (Å²) in [6, 6.07) is 0. The zero-order valence-electron chi connectivity index (χ0n) is 11.1. The minimum Gasteiger partial charge on any atom is -0.465 e. The van der Waals surface area contributed by atoms with Gasteiger partial charge in [0.1, 0.15) is 22.5 Å². The first-order valence-electron chi connectivity index (χ1n) is 5.83. The number of rotatable bonds is 7. The summed E-state index contributed by atoms with van der Waals surface area (Å²) in [7, 11) is 1.51. The van der Waals surface area contributed by atoms with E-state index < -0.39 is 5.97 Å². The number of hydrogen-bond donors (Lipinski definition) is 1. The lowest BCUT2D eigenvalue weighted by atomic mass is 10.1. The van der Waals surface area contributed by atoms with Crippen LogP contribution in [0.1, 0.15) is 33.6 Å². The summed E-state index contributed by atoms with van der Waals surface area (Å²) in [5.74, 6) is 3.96. The first-order chi connectivity index (χ1) is 8.10. The Morgan fingerprint density at radius 2 is 1.88 bits per heavy atom. The Labute approximate surface area is 107 Å². The average molecular weight is 256 g/mol. The lowest BCUT2D eigenvalue weighted by molar-refractivity contribution is -0.135. The minimum atomic E-state index is -0.481. The topological polar surface area (TPSA) is 50.2 Å². The van der Waals surface area contributed by atoms with Crippen molar-refractivity contribution in [2.75, 3.05) is 18.6 Å². The molecule has 0 fully saturated rings. The van der Waals surface area contributed by atoms with Crippen molar-refractivity contribution in [1.29, 1.82) is 5.41 Å². The number of nitrogens with one attached hydrogen (secondary N) is 1. The van der Waals surface area contributed by atoms with E-state index in [1.807, 2.05) is 6.92 Å². The molecule has 0 spiro atoms. The van der Waals surface area contributed by atoms with Crippen molar-refractivity contribution in [2.24, 2.45) is 0 Å². The molecule has 0 saturated carbocycles. The molecule has 0 aliphatic heterocycles. The second kappa shape index (κ2) is 9.08. The Morgan fingerprint density at radius 1 is 1.35 bits per heavy atom. The third kappa shape index (κ3) is 5.76. The smallest absolute Gasteiger partial charge is 0.347 e. The van der Waals surface area contributed by atoms with Gasteiger partial charge in [-0.05, 0) is 25.6 Å². The third-order valence-corrected chi connectivity index (χ3v) is 4.74. The van der Waals surface area contributed by atoms with E-state index in [9.17, 15) is 4.79 Å². The van der Waals surface area contributed by atoms with Gasteiger partial charge in [0.15, 0.2) is 0 Å². The van der Waals surface area contributed by atoms with Crippen molar-refractivity contribution in [3.8, 4) is 0 Å². The van der Waals surface area contributed by atoms with Gasteiger partial charge < -0.3 is 4.74 Å². The fourth-order valence-electron chi connectivity index (χ4n) is 1.47. The van der Waals surface area contributed by atoms with Crippen LogP contribution < -0.4 is 0 Å². The normalized spacial score (nSPS) is 11.2. The van der Waals surface area contributed by atoms with Gasteiger partial charge >= 0.3 is 5.97 Å². The Hall–Kier alpha value is -0.990. The monoisotopic (exact) mass is 256 g/mol. The molecule has 1 N–H and O–H groups in total. The van der Waals surface area contributed by atoms with Crippen LogP contribution in [0.15, 0.2) is 16.6 Å². The van der Waals surface area contributed by atoms with Crippen LogP contribution in [0.5, 0.6) is 0 Å². The molecule has 0 aromatic carbocycles. The molecule has 0 unspecified atom stereocenters. The van der Waals surface area contributed by atoms with Crippen LogP contribution in [0.3, 0.4) is 0 Å². The Morgan fingerprint density at radius 3 is 2.24 bits per heavy atom. The quantitative estimate of drug-likeness (QED) is 0.250. The zero-order chi connectivity index (χ0) is 13.3. The lowest BCUT2D eigenvalue weighted by Gasteiger charge is -2.04. The van der Waals surface area contributed by atoms with E-state index >= 15 is 0 Å². The van der Waals surface area contributed by atoms with E-state index in [2.05, 4.69) is 29.9 Å². The van der Waals surface area contributed by atoms with Gasteiger partial charge in [-0.1, -0.05) is 13.8 Å². The molecule has 0 aromatic rings. The lowest BCUT2D eigenvalue weighted by Crippen LogP contribution is -2.11. The second-order valence-corrected chi connectivity index (χ2v) is 5.87. The maximum atomic E-state index is 11.4. The SMILES string of the molecule is CCC[S+](/C=C(/C)C(=C=N)C(=O)OC)CCC. The fraction of sp³-hybridized carbons (Fsp3) is 0.615. The van der Waals surface area contributed by atoms with Gasteiger partial charge in [0, 0.05) is 16.5 Å². The fourth-order valence-corrected chi connectivity index (χ4v) is 3.57. The zero-order valence-corrected chi connectivity index (χ0v) is 11.9. The van der Waals surface area contributed by atoms with E-state index in [0.717, 1.165) is 29.9 Å². The summed E-state index contributed by atoms with van der Waals surface area (Å²) < 4.78 is 4.63. The van der Waals surface area contributed by atoms with Crippen molar-refractivity contribution in [3.05, 3.63) is 16.6 Å². The van der Waals surface area contributed by atoms with Gasteiger partial charge in [-0.3, -0.25) is 5.41 Å². The highest BCUT2D eigenvalue weighted by Crippen LogP contribution is 2.13. The molecular weight excluding hydrogens is 234 g/mol. The highest BCUT2D eigenvalue weighted by molar-refractivity contribution is 7.99. The molecule has 0 amide bonds. The van der Waals surface area contributed by atoms with Crippen LogP contribution in [-0.4, -0.2) is 30.5 Å². The van der Waals surface area contributed by atoms with E-state index in [-0.39, 0.29) is 16.5 Å². The first-order valence-corrected chi connectivity index (χ1v) is 7.46. The van der Waals surface area contributed by atoms with Gasteiger partial charge in [-0.15, -0.1) is 0 Å². The van der Waals surface area contributed by atoms with E-state index in [0.29, 0.717) is 0 Å². The summed E-state index contributed by atoms with van der Waals surface area (Å²) in [4.78, 5) is 11.4. The Kier molecular flexibility index (Phi) is 8.55. The number of carbonyl (C=O) groups excluding carboxylic acids is 1. The van der Waals surface area contributed by atoms with Gasteiger partial charge in [0.2, 0.25) is 0 Å². The number of carbonyl (C=O) groups is 1. The predicted molar refractivity (Wildman–Crippen MR) is 74.7 cm³/mol. The van der Waals surface area contributed by atoms with Crippen molar-refractivity contribution < 1.29 is 9.53 Å². The molecule has 0 radical (unpaired) electrons. The second-order valence-electron chi connectivity index (χ2n) is 3.74. The molecule has 0 atom stereocenters. The number of ether oxygens (including phenoxy) is 1. The molecule has 0 saturated heterocycles. The summed E-state index contributed by atoms with van der Waals surface area (Å²) in [5.41, 5.74) is 1.04. The highest BCUT2D eigenvalue weighted by Gasteiger charge is 2.18. The van der Waals surface area contributed by atoms with Gasteiger partial charge in [0.05, 0.1) is 7.11 Å². The van der Waals surface area contributed by atoms with Crippen molar-refractivity contribution in [2.45, 2.75) is 33.6 Å². The van der Waals surface area contributed by atoms with Gasteiger partial charge in [-0.2, -0.15) is 0 Å². The van der Waals surface area contributed by atoms with E-state index in [1.54, 1.807) is 0 Å². The van der Waals surface area contributed by atoms with Crippen molar-refractivity contribution in [1.82, 2.24) is 0 Å². The predicted octanol–water partition coefficient (Wildman–Crippen LogP) is 2.68. The molecular formula is C13H22NO2S+. The summed E-state index contributed by atoms with van der Waals surface area (Å²) >= 11 is 0. The molecule has 4 heteroatoms. The third-order valence-electron chi connectivity index (χ3n) is 2.18. The first kappa shape index (κ1) is 16.0. The molecule has 0 rings (SSSR count). The van der Waals surface area contributed by atoms with Crippen molar-refractivity contribution in [3.63, 3.8) is 0 Å². The number of methoxy groups -OCH3 is 1. The molecule has 96 valence electrons. The van der Waals surface area contributed by atoms with Crippen LogP contribution in [0.2, 0.25) is 0 Å². The standard InChI is InChI=1S/C13H22NO2S/c1-5-7-17(8-6-2)10-11(3)12(9-14)13(15)16-4/h10,14H,5-8H2,1-4H3/q+1/b11-10-. The largest absolute Gasteiger partial charge is 0.465 e. The molecule has 0 aromatic heterocycles. The molecule has 0 aliphatic rings. The molecule has 0 aliphatic carbocycles. The highest BCUT2D eigenvalue weighted by atomic mass is 32.2. The number of hydrogen-bond acceptors (Lipinski definition) is 3. The van der Waals surface area contributed by atoms with Crippen LogP contribution >= 0.6 is 0 Å². The number of esters is 1. The van der Waals surface area contributed by atoms with Gasteiger partial charge in [0.25, 0.3) is 0 Å². The molecule has 17 heavy (non-hydrogen) atoms. The van der Waals surface area contributed by atoms with Crippen LogP contribution in [0, 0.1) is 5.41 Å². The average Bonchev–Trinajstić information content (AvgIpc) is 2.30. The minimum absolute atomic E-state index is 0.191. The van der Waals surface area contributed by atoms with E-state index in [1.165, 1.54) is 7.11 Å². The molecule has 0 heterocycles. The molecule has 3 nitrogen and oxygen atoms in total. The van der Waals surface area contributed by atoms with Crippen molar-refractivity contribution >= 4 is 22.7 Å². The maximum absolute atomic E-state index is 11.4. The summed E-state index contributed by atoms with van der Waals surface area (Å²) in [6.45, 7) is 6.16. The van der Waals surface area contributed by atoms with Crippen LogP contribution in [-0.2, 0) is 20.4 Å².